The minimum atomic E-state index is -0.254. The number of likely N-dealkylation sites (N-methyl/N-ethyl adjacent to an activating group) is 1. The van der Waals surface area contributed by atoms with Gasteiger partial charge in [-0.15, -0.1) is 0 Å². The van der Waals surface area contributed by atoms with Crippen LogP contribution in [0.5, 0.6) is 5.75 Å². The van der Waals surface area contributed by atoms with Crippen LogP contribution < -0.4 is 9.64 Å². The Labute approximate surface area is 128 Å². The van der Waals surface area contributed by atoms with E-state index >= 15 is 0 Å². The average Bonchev–Trinajstić information content (AvgIpc) is 2.97. The van der Waals surface area contributed by atoms with Crippen LogP contribution in [0.25, 0.3) is 0 Å². The van der Waals surface area contributed by atoms with Gasteiger partial charge in [0.25, 0.3) is 11.1 Å². The Hall–Kier alpha value is -2.34. The molecule has 1 amide bonds. The molecule has 2 aliphatic rings. The van der Waals surface area contributed by atoms with E-state index in [1.165, 1.54) is 4.90 Å². The fourth-order valence-electron chi connectivity index (χ4n) is 2.21. The van der Waals surface area contributed by atoms with Crippen LogP contribution in [0.1, 0.15) is 6.92 Å². The number of ether oxygens (including phenoxy) is 2. The molecule has 1 aromatic carbocycles. The van der Waals surface area contributed by atoms with Gasteiger partial charge in [-0.2, -0.15) is 0 Å². The van der Waals surface area contributed by atoms with Gasteiger partial charge in [0.2, 0.25) is 5.88 Å². The maximum Gasteiger partial charge on any atom is 0.296 e. The number of amides is 1. The largest absolute Gasteiger partial charge is 0.439 e. The van der Waals surface area contributed by atoms with Crippen LogP contribution in [-0.2, 0) is 9.53 Å². The van der Waals surface area contributed by atoms with E-state index < -0.39 is 0 Å². The van der Waals surface area contributed by atoms with Gasteiger partial charge in [0, 0.05) is 19.7 Å². The molecular weight excluding hydrogens is 288 g/mol. The number of rotatable bonds is 2. The standard InChI is InChI=1S/C15H14N2O3S/c1-3-17-10-6-4-5-7-11(10)19-13(17)9-8-12-14(18)16(2)15(21)20-12/h4-9H,3H2,1-2H3/b12-8-,13-9-. The average molecular weight is 302 g/mol. The van der Waals surface area contributed by atoms with Gasteiger partial charge in [0.1, 0.15) is 0 Å². The van der Waals surface area contributed by atoms with Crippen LogP contribution in [0.4, 0.5) is 5.69 Å². The highest BCUT2D eigenvalue weighted by molar-refractivity contribution is 7.80. The topological polar surface area (TPSA) is 42.0 Å². The summed E-state index contributed by atoms with van der Waals surface area (Å²) in [5.74, 6) is 1.40. The number of hydrogen-bond acceptors (Lipinski definition) is 5. The second-order valence-corrected chi connectivity index (χ2v) is 4.93. The molecule has 21 heavy (non-hydrogen) atoms. The van der Waals surface area contributed by atoms with Crippen molar-refractivity contribution in [2.24, 2.45) is 0 Å². The molecule has 0 bridgehead atoms. The predicted molar refractivity (Wildman–Crippen MR) is 82.7 cm³/mol. The second-order valence-electron chi connectivity index (χ2n) is 4.58. The number of allylic oxidation sites excluding steroid dienone is 2. The quantitative estimate of drug-likeness (QED) is 0.620. The van der Waals surface area contributed by atoms with Gasteiger partial charge in [-0.05, 0) is 37.4 Å². The highest BCUT2D eigenvalue weighted by Crippen LogP contribution is 2.38. The first-order chi connectivity index (χ1) is 10.1. The van der Waals surface area contributed by atoms with Crippen molar-refractivity contribution >= 4 is 29.0 Å². The summed E-state index contributed by atoms with van der Waals surface area (Å²) in [6, 6.07) is 7.79. The molecule has 1 aromatic rings. The summed E-state index contributed by atoms with van der Waals surface area (Å²) < 4.78 is 11.0. The lowest BCUT2D eigenvalue weighted by Gasteiger charge is -2.14. The fraction of sp³-hybridized carbons (Fsp3) is 0.200. The lowest BCUT2D eigenvalue weighted by atomic mass is 10.3. The summed E-state index contributed by atoms with van der Waals surface area (Å²) in [4.78, 5) is 15.2. The molecule has 0 atom stereocenters. The summed E-state index contributed by atoms with van der Waals surface area (Å²) in [5, 5.41) is 0.160. The van der Waals surface area contributed by atoms with Crippen LogP contribution >= 0.6 is 12.2 Å². The minimum absolute atomic E-state index is 0.160. The molecule has 2 aliphatic heterocycles. The molecule has 1 saturated heterocycles. The van der Waals surface area contributed by atoms with Crippen LogP contribution in [0.2, 0.25) is 0 Å². The summed E-state index contributed by atoms with van der Waals surface area (Å²) in [6.45, 7) is 2.80. The van der Waals surface area contributed by atoms with Gasteiger partial charge in [0.05, 0.1) is 5.69 Å². The Kier molecular flexibility index (Phi) is 3.39. The molecule has 0 aromatic heterocycles. The summed E-state index contributed by atoms with van der Waals surface area (Å²) >= 11 is 4.93. The number of carbonyl (C=O) groups is 1. The molecule has 108 valence electrons. The first-order valence-electron chi connectivity index (χ1n) is 6.58. The maximum atomic E-state index is 11.9. The van der Waals surface area contributed by atoms with Gasteiger partial charge in [-0.3, -0.25) is 9.69 Å². The predicted octanol–water partition coefficient (Wildman–Crippen LogP) is 2.40. The van der Waals surface area contributed by atoms with Crippen molar-refractivity contribution in [3.63, 3.8) is 0 Å². The molecule has 0 unspecified atom stereocenters. The van der Waals surface area contributed by atoms with E-state index in [1.807, 2.05) is 36.1 Å². The zero-order valence-electron chi connectivity index (χ0n) is 11.7. The highest BCUT2D eigenvalue weighted by Gasteiger charge is 2.30. The number of nitrogens with zero attached hydrogens (tertiary/aromatic N) is 2. The molecule has 2 heterocycles. The third kappa shape index (κ3) is 2.27. The molecule has 0 spiro atoms. The van der Waals surface area contributed by atoms with E-state index in [0.29, 0.717) is 5.88 Å². The van der Waals surface area contributed by atoms with Gasteiger partial charge in [-0.25, -0.2) is 0 Å². The number of para-hydroxylation sites is 2. The van der Waals surface area contributed by atoms with Crippen molar-refractivity contribution in [1.29, 1.82) is 0 Å². The smallest absolute Gasteiger partial charge is 0.296 e. The Morgan fingerprint density at radius 3 is 2.67 bits per heavy atom. The Morgan fingerprint density at radius 1 is 1.24 bits per heavy atom. The van der Waals surface area contributed by atoms with E-state index in [2.05, 4.69) is 0 Å². The molecule has 0 aliphatic carbocycles. The third-order valence-electron chi connectivity index (χ3n) is 3.32. The van der Waals surface area contributed by atoms with Crippen LogP contribution in [0.15, 0.2) is 48.1 Å². The second kappa shape index (κ2) is 5.21. The van der Waals surface area contributed by atoms with Crippen LogP contribution in [0.3, 0.4) is 0 Å². The Bertz CT molecular complexity index is 681. The Balaban J connectivity index is 1.89. The molecule has 0 N–H and O–H groups in total. The van der Waals surface area contributed by atoms with Crippen molar-refractivity contribution in [1.82, 2.24) is 4.90 Å². The van der Waals surface area contributed by atoms with Crippen molar-refractivity contribution in [3.05, 3.63) is 48.1 Å². The number of benzene rings is 1. The van der Waals surface area contributed by atoms with E-state index in [9.17, 15) is 4.79 Å². The third-order valence-corrected chi connectivity index (χ3v) is 3.67. The van der Waals surface area contributed by atoms with Crippen LogP contribution in [-0.4, -0.2) is 29.6 Å². The van der Waals surface area contributed by atoms with Crippen molar-refractivity contribution in [2.45, 2.75) is 6.92 Å². The zero-order valence-corrected chi connectivity index (χ0v) is 12.5. The molecule has 0 saturated carbocycles. The van der Waals surface area contributed by atoms with Crippen LogP contribution in [0, 0.1) is 0 Å². The molecule has 6 heteroatoms. The van der Waals surface area contributed by atoms with Gasteiger partial charge < -0.3 is 14.4 Å². The first-order valence-corrected chi connectivity index (χ1v) is 6.99. The lowest BCUT2D eigenvalue weighted by Crippen LogP contribution is -2.22. The zero-order chi connectivity index (χ0) is 15.0. The molecular formula is C15H14N2O3S. The number of fused-ring (bicyclic) bond motifs is 1. The number of anilines is 1. The first kappa shape index (κ1) is 13.6. The van der Waals surface area contributed by atoms with E-state index in [4.69, 9.17) is 21.7 Å². The fourth-order valence-corrected chi connectivity index (χ4v) is 2.38. The van der Waals surface area contributed by atoms with E-state index in [0.717, 1.165) is 18.0 Å². The number of carbonyl (C=O) groups excluding carboxylic acids is 1. The van der Waals surface area contributed by atoms with Gasteiger partial charge in [-0.1, -0.05) is 12.1 Å². The number of hydrogen-bond donors (Lipinski definition) is 0. The molecule has 0 radical (unpaired) electrons. The van der Waals surface area contributed by atoms with E-state index in [1.54, 1.807) is 19.2 Å². The number of thiocarbonyl (C=S) groups is 1. The van der Waals surface area contributed by atoms with E-state index in [-0.39, 0.29) is 16.8 Å². The SMILES string of the molecule is CCN1/C(=C/C=C2\OC(=S)N(C)C2=O)Oc2ccccc21. The van der Waals surface area contributed by atoms with Crippen molar-refractivity contribution < 1.29 is 14.3 Å². The van der Waals surface area contributed by atoms with Crippen molar-refractivity contribution in [3.8, 4) is 5.75 Å². The normalized spacial score (nSPS) is 21.0. The lowest BCUT2D eigenvalue weighted by molar-refractivity contribution is -0.122. The monoisotopic (exact) mass is 302 g/mol. The summed E-state index contributed by atoms with van der Waals surface area (Å²) in [5.41, 5.74) is 1.01. The van der Waals surface area contributed by atoms with Crippen molar-refractivity contribution in [2.75, 3.05) is 18.5 Å². The molecule has 5 nitrogen and oxygen atoms in total. The highest BCUT2D eigenvalue weighted by atomic mass is 32.1. The van der Waals surface area contributed by atoms with Gasteiger partial charge in [0.15, 0.2) is 11.5 Å². The minimum Gasteiger partial charge on any atom is -0.439 e. The summed E-state index contributed by atoms with van der Waals surface area (Å²) in [6.07, 6.45) is 3.31. The maximum absolute atomic E-state index is 11.9. The molecule has 3 rings (SSSR count). The molecule has 1 fully saturated rings. The summed E-state index contributed by atoms with van der Waals surface area (Å²) in [7, 11) is 1.58. The van der Waals surface area contributed by atoms with Gasteiger partial charge >= 0.3 is 0 Å². The Morgan fingerprint density at radius 2 is 2.00 bits per heavy atom.